The second-order valence-electron chi connectivity index (χ2n) is 11.8. The molecule has 2 heterocycles. The van der Waals surface area contributed by atoms with Crippen molar-refractivity contribution in [2.75, 3.05) is 0 Å². The number of hydrogen-bond acceptors (Lipinski definition) is 9. The Bertz CT molecular complexity index is 896. The Morgan fingerprint density at radius 3 is 2.32 bits per heavy atom. The molecule has 3 fully saturated rings. The van der Waals surface area contributed by atoms with Gasteiger partial charge in [0.05, 0.1) is 12.2 Å². The molecule has 0 radical (unpaired) electrons. The maximum Gasteiger partial charge on any atom is 0.306 e. The molecule has 2 aliphatic heterocycles. The molecule has 0 amide bonds. The minimum Gasteiger partial charge on any atom is -0.460 e. The van der Waals surface area contributed by atoms with Crippen LogP contribution in [-0.2, 0) is 33.3 Å². The smallest absolute Gasteiger partial charge is 0.306 e. The van der Waals surface area contributed by atoms with E-state index in [4.69, 9.17) is 18.9 Å². The lowest BCUT2D eigenvalue weighted by Crippen LogP contribution is -2.58. The van der Waals surface area contributed by atoms with Gasteiger partial charge in [-0.15, -0.1) is 0 Å². The molecule has 2 N–H and O–H groups in total. The zero-order valence-corrected chi connectivity index (χ0v) is 23.2. The first-order chi connectivity index (χ1) is 17.1. The van der Waals surface area contributed by atoms with E-state index in [1.165, 1.54) is 13.8 Å². The summed E-state index contributed by atoms with van der Waals surface area (Å²) in [6.45, 7) is 16.1. The van der Waals surface area contributed by atoms with Gasteiger partial charge in [-0.25, -0.2) is 0 Å². The number of aliphatic hydroxyl groups excluding tert-OH is 1. The largest absolute Gasteiger partial charge is 0.460 e. The predicted octanol–water partition coefficient (Wildman–Crippen LogP) is 3.09. The maximum atomic E-state index is 12.8. The van der Waals surface area contributed by atoms with Gasteiger partial charge < -0.3 is 29.2 Å². The number of ether oxygens (including phenoxy) is 4. The molecular weight excluding hydrogens is 480 g/mol. The first-order valence-electron chi connectivity index (χ1n) is 13.4. The topological polar surface area (TPSA) is 129 Å². The average molecular weight is 525 g/mol. The normalized spacial score (nSPS) is 41.7. The van der Waals surface area contributed by atoms with Crippen LogP contribution < -0.4 is 0 Å². The highest BCUT2D eigenvalue weighted by Crippen LogP contribution is 2.56. The second-order valence-corrected chi connectivity index (χ2v) is 11.8. The number of rotatable bonds is 6. The highest BCUT2D eigenvalue weighted by Gasteiger charge is 2.64. The fourth-order valence-electron chi connectivity index (χ4n) is 6.87. The molecule has 210 valence electrons. The van der Waals surface area contributed by atoms with Gasteiger partial charge >= 0.3 is 17.9 Å². The Labute approximate surface area is 219 Å². The molecule has 1 aliphatic carbocycles. The third-order valence-corrected chi connectivity index (χ3v) is 8.41. The van der Waals surface area contributed by atoms with Gasteiger partial charge in [0.2, 0.25) is 0 Å². The first-order valence-corrected chi connectivity index (χ1v) is 13.4. The van der Waals surface area contributed by atoms with E-state index in [1.54, 1.807) is 6.92 Å². The zero-order chi connectivity index (χ0) is 27.9. The van der Waals surface area contributed by atoms with Crippen LogP contribution in [0, 0.1) is 23.7 Å². The van der Waals surface area contributed by atoms with Crippen molar-refractivity contribution in [2.24, 2.45) is 23.7 Å². The molecule has 0 spiro atoms. The Morgan fingerprint density at radius 2 is 1.78 bits per heavy atom. The summed E-state index contributed by atoms with van der Waals surface area (Å²) in [4.78, 5) is 36.6. The number of aliphatic hydroxyl groups is 2. The van der Waals surface area contributed by atoms with Crippen molar-refractivity contribution in [1.82, 2.24) is 0 Å². The minimum absolute atomic E-state index is 0.0219. The molecule has 9 nitrogen and oxygen atoms in total. The van der Waals surface area contributed by atoms with Gasteiger partial charge in [0, 0.05) is 38.5 Å². The van der Waals surface area contributed by atoms with Crippen LogP contribution in [-0.4, -0.2) is 69.8 Å². The lowest BCUT2D eigenvalue weighted by Gasteiger charge is -2.49. The lowest BCUT2D eigenvalue weighted by molar-refractivity contribution is -0.187. The van der Waals surface area contributed by atoms with E-state index in [-0.39, 0.29) is 49.4 Å². The van der Waals surface area contributed by atoms with Crippen molar-refractivity contribution in [1.29, 1.82) is 0 Å². The van der Waals surface area contributed by atoms with E-state index in [1.807, 2.05) is 27.7 Å². The van der Waals surface area contributed by atoms with Crippen LogP contribution in [0.3, 0.4) is 0 Å². The maximum absolute atomic E-state index is 12.8. The van der Waals surface area contributed by atoms with Gasteiger partial charge in [0.1, 0.15) is 29.5 Å². The summed E-state index contributed by atoms with van der Waals surface area (Å²) in [6.07, 6.45) is -2.49. The van der Waals surface area contributed by atoms with Gasteiger partial charge in [-0.2, -0.15) is 0 Å². The highest BCUT2D eigenvalue weighted by atomic mass is 16.6. The van der Waals surface area contributed by atoms with Gasteiger partial charge in [-0.05, 0) is 50.5 Å². The second kappa shape index (κ2) is 11.0. The van der Waals surface area contributed by atoms with Crippen LogP contribution in [0.15, 0.2) is 12.2 Å². The predicted molar refractivity (Wildman–Crippen MR) is 134 cm³/mol. The standard InChI is InChI=1S/C28H44O9/c1-9-10-20(31)37-28(8)12-11-19(34-16(5)29)27(7,33)13-18-22-15(4)25(35-17(6)30)24(32)21(14(2)3)23(22)26(28)36-18/h14,18-19,21-26,32-33H,4,9-13H2,1-3,5-8H3/t18-,19+,21-,22-,23-,24+,25-,26-,27+,28-/m1/s1. The van der Waals surface area contributed by atoms with Crippen LogP contribution in [0.5, 0.6) is 0 Å². The zero-order valence-electron chi connectivity index (χ0n) is 23.2. The highest BCUT2D eigenvalue weighted by molar-refractivity contribution is 5.70. The molecule has 0 aromatic rings. The summed E-state index contributed by atoms with van der Waals surface area (Å²) < 4.78 is 23.9. The Kier molecular flexibility index (Phi) is 8.82. The molecule has 3 aliphatic rings. The van der Waals surface area contributed by atoms with E-state index >= 15 is 0 Å². The molecular formula is C28H44O9. The van der Waals surface area contributed by atoms with Crippen LogP contribution in [0.2, 0.25) is 0 Å². The summed E-state index contributed by atoms with van der Waals surface area (Å²) in [5.41, 5.74) is -2.06. The molecule has 3 rings (SSSR count). The van der Waals surface area contributed by atoms with E-state index in [9.17, 15) is 24.6 Å². The summed E-state index contributed by atoms with van der Waals surface area (Å²) in [5.74, 6) is -2.48. The van der Waals surface area contributed by atoms with Crippen molar-refractivity contribution >= 4 is 17.9 Å². The number of carbonyl (C=O) groups excluding carboxylic acids is 3. The summed E-state index contributed by atoms with van der Waals surface area (Å²) in [7, 11) is 0. The summed E-state index contributed by atoms with van der Waals surface area (Å²) in [5, 5.41) is 23.0. The fraction of sp³-hybridized carbons (Fsp3) is 0.821. The molecule has 2 saturated heterocycles. The minimum atomic E-state index is -1.45. The summed E-state index contributed by atoms with van der Waals surface area (Å²) in [6, 6.07) is 0. The molecule has 0 aromatic heterocycles. The quantitative estimate of drug-likeness (QED) is 0.306. The van der Waals surface area contributed by atoms with Crippen LogP contribution in [0.4, 0.5) is 0 Å². The van der Waals surface area contributed by atoms with Gasteiger partial charge in [0.25, 0.3) is 0 Å². The van der Waals surface area contributed by atoms with Gasteiger partial charge in [0.15, 0.2) is 0 Å². The molecule has 37 heavy (non-hydrogen) atoms. The monoisotopic (exact) mass is 524 g/mol. The molecule has 0 unspecified atom stereocenters. The van der Waals surface area contributed by atoms with Crippen LogP contribution in [0.25, 0.3) is 0 Å². The average Bonchev–Trinajstić information content (AvgIpc) is 3.13. The van der Waals surface area contributed by atoms with Crippen LogP contribution in [0.1, 0.15) is 80.6 Å². The van der Waals surface area contributed by atoms with Crippen molar-refractivity contribution in [2.45, 2.75) is 122 Å². The molecule has 0 aromatic carbocycles. The fourth-order valence-corrected chi connectivity index (χ4v) is 6.87. The molecule has 9 heteroatoms. The van der Waals surface area contributed by atoms with E-state index < -0.39 is 59.6 Å². The van der Waals surface area contributed by atoms with Crippen molar-refractivity contribution in [3.63, 3.8) is 0 Å². The van der Waals surface area contributed by atoms with Crippen molar-refractivity contribution in [3.05, 3.63) is 12.2 Å². The Hall–Kier alpha value is -1.97. The van der Waals surface area contributed by atoms with Gasteiger partial charge in [-0.3, -0.25) is 14.4 Å². The number of esters is 3. The van der Waals surface area contributed by atoms with E-state index in [2.05, 4.69) is 6.58 Å². The molecule has 10 atom stereocenters. The van der Waals surface area contributed by atoms with Crippen LogP contribution >= 0.6 is 0 Å². The molecule has 1 saturated carbocycles. The van der Waals surface area contributed by atoms with Crippen molar-refractivity contribution in [3.8, 4) is 0 Å². The SMILES string of the molecule is C=C1[C@H]2[C@@H]([C@@H](C(C)C)[C@H](O)[C@@H]1OC(C)=O)[C@H]1O[C@@H]2C[C@](C)(O)[C@@H](OC(C)=O)CC[C@@]1(C)OC(=O)CCC. The summed E-state index contributed by atoms with van der Waals surface area (Å²) >= 11 is 0. The number of carbonyl (C=O) groups is 3. The van der Waals surface area contributed by atoms with Crippen molar-refractivity contribution < 1.29 is 43.5 Å². The first kappa shape index (κ1) is 29.6. The number of hydrogen-bond donors (Lipinski definition) is 2. The third kappa shape index (κ3) is 5.88. The Morgan fingerprint density at radius 1 is 1.16 bits per heavy atom. The van der Waals surface area contributed by atoms with E-state index in [0.29, 0.717) is 12.0 Å². The Balaban J connectivity index is 2.15. The van der Waals surface area contributed by atoms with E-state index in [0.717, 1.165) is 0 Å². The number of fused-ring (bicyclic) bond motifs is 5. The lowest BCUT2D eigenvalue weighted by atomic mass is 9.58. The van der Waals surface area contributed by atoms with Gasteiger partial charge in [-0.1, -0.05) is 27.4 Å². The third-order valence-electron chi connectivity index (χ3n) is 8.41. The molecule has 2 bridgehead atoms.